The zero-order valence-electron chi connectivity index (χ0n) is 5.97. The zero-order chi connectivity index (χ0) is 8.27. The summed E-state index contributed by atoms with van der Waals surface area (Å²) in [5, 5.41) is 13.5. The highest BCUT2D eigenvalue weighted by Crippen LogP contribution is 2.24. The van der Waals surface area contributed by atoms with Crippen molar-refractivity contribution in [1.29, 1.82) is 5.26 Å². The van der Waals surface area contributed by atoms with Gasteiger partial charge in [0, 0.05) is 14.7 Å². The Labute approximate surface area is 78.0 Å². The van der Waals surface area contributed by atoms with Gasteiger partial charge in [0.05, 0.1) is 6.07 Å². The van der Waals surface area contributed by atoms with E-state index in [-0.39, 0.29) is 6.04 Å². The molecule has 58 valence electrons. The summed E-state index contributed by atoms with van der Waals surface area (Å²) in [6, 6.07) is 3.94. The lowest BCUT2D eigenvalue weighted by molar-refractivity contribution is 0.739. The second-order valence-electron chi connectivity index (χ2n) is 2.02. The van der Waals surface area contributed by atoms with Gasteiger partial charge in [0.2, 0.25) is 0 Å². The van der Waals surface area contributed by atoms with E-state index in [1.165, 1.54) is 0 Å². The fourth-order valence-corrected chi connectivity index (χ4v) is 2.25. The maximum Gasteiger partial charge on any atom is 0.130 e. The average Bonchev–Trinajstić information content (AvgIpc) is 2.39. The number of halogens is 1. The number of nitriles is 1. The largest absolute Gasteiger partial charge is 0.301 e. The van der Waals surface area contributed by atoms with Crippen LogP contribution >= 0.6 is 27.3 Å². The van der Waals surface area contributed by atoms with E-state index in [1.54, 1.807) is 18.4 Å². The molecule has 0 saturated carbocycles. The van der Waals surface area contributed by atoms with Crippen LogP contribution in [0.15, 0.2) is 15.9 Å². The molecule has 11 heavy (non-hydrogen) atoms. The van der Waals surface area contributed by atoms with E-state index >= 15 is 0 Å². The highest BCUT2D eigenvalue weighted by molar-refractivity contribution is 9.10. The van der Waals surface area contributed by atoms with Crippen LogP contribution in [0, 0.1) is 11.3 Å². The summed E-state index contributed by atoms with van der Waals surface area (Å²) in [4.78, 5) is 1.04. The molecular weight excluding hydrogens is 224 g/mol. The minimum Gasteiger partial charge on any atom is -0.301 e. The molecule has 1 rings (SSSR count). The molecule has 1 N–H and O–H groups in total. The summed E-state index contributed by atoms with van der Waals surface area (Å²) in [6.07, 6.45) is 0. The lowest BCUT2D eigenvalue weighted by Gasteiger charge is -2.01. The van der Waals surface area contributed by atoms with Crippen molar-refractivity contribution in [1.82, 2.24) is 5.32 Å². The summed E-state index contributed by atoms with van der Waals surface area (Å²) in [5.41, 5.74) is 0. The number of nitrogens with zero attached hydrogens (tertiary/aromatic N) is 1. The van der Waals surface area contributed by atoms with Gasteiger partial charge in [0.1, 0.15) is 6.04 Å². The monoisotopic (exact) mass is 230 g/mol. The Morgan fingerprint density at radius 2 is 2.55 bits per heavy atom. The molecule has 0 radical (unpaired) electrons. The normalized spacial score (nSPS) is 12.5. The van der Waals surface area contributed by atoms with Crippen LogP contribution in [0.25, 0.3) is 0 Å². The summed E-state index contributed by atoms with van der Waals surface area (Å²) < 4.78 is 1.04. The molecule has 1 aromatic heterocycles. The van der Waals surface area contributed by atoms with Gasteiger partial charge in [0.15, 0.2) is 0 Å². The molecule has 0 aliphatic carbocycles. The SMILES string of the molecule is CNC(C#N)c1cc(Br)cs1. The first-order valence-corrected chi connectivity index (χ1v) is 4.76. The first kappa shape index (κ1) is 8.72. The van der Waals surface area contributed by atoms with Gasteiger partial charge in [-0.25, -0.2) is 0 Å². The van der Waals surface area contributed by atoms with Crippen molar-refractivity contribution < 1.29 is 0 Å². The highest BCUT2D eigenvalue weighted by atomic mass is 79.9. The van der Waals surface area contributed by atoms with Crippen LogP contribution in [0.1, 0.15) is 10.9 Å². The Balaban J connectivity index is 2.84. The van der Waals surface area contributed by atoms with Crippen LogP contribution in [-0.4, -0.2) is 7.05 Å². The smallest absolute Gasteiger partial charge is 0.130 e. The fourth-order valence-electron chi connectivity index (χ4n) is 0.750. The first-order valence-electron chi connectivity index (χ1n) is 3.08. The number of hydrogen-bond acceptors (Lipinski definition) is 3. The van der Waals surface area contributed by atoms with Gasteiger partial charge in [-0.15, -0.1) is 11.3 Å². The van der Waals surface area contributed by atoms with Gasteiger partial charge in [-0.3, -0.25) is 0 Å². The topological polar surface area (TPSA) is 35.8 Å². The maximum absolute atomic E-state index is 8.67. The Morgan fingerprint density at radius 1 is 1.82 bits per heavy atom. The second kappa shape index (κ2) is 3.86. The predicted molar refractivity (Wildman–Crippen MR) is 49.4 cm³/mol. The van der Waals surface area contributed by atoms with E-state index in [0.29, 0.717) is 0 Å². The number of rotatable bonds is 2. The third-order valence-corrected chi connectivity index (χ3v) is 3.05. The molecule has 1 aromatic rings. The van der Waals surface area contributed by atoms with Crippen molar-refractivity contribution in [3.63, 3.8) is 0 Å². The first-order chi connectivity index (χ1) is 5.27. The van der Waals surface area contributed by atoms with Crippen LogP contribution < -0.4 is 5.32 Å². The Hall–Kier alpha value is -0.370. The zero-order valence-corrected chi connectivity index (χ0v) is 8.37. The molecule has 1 atom stereocenters. The highest BCUT2D eigenvalue weighted by Gasteiger charge is 2.08. The van der Waals surface area contributed by atoms with E-state index in [1.807, 2.05) is 11.4 Å². The molecule has 0 saturated heterocycles. The summed E-state index contributed by atoms with van der Waals surface area (Å²) in [6.45, 7) is 0. The minimum absolute atomic E-state index is 0.175. The van der Waals surface area contributed by atoms with Gasteiger partial charge in [0.25, 0.3) is 0 Å². The Bertz CT molecular complexity index is 276. The standard InChI is InChI=1S/C7H7BrN2S/c1-10-6(3-9)7-2-5(8)4-11-7/h2,4,6,10H,1H3. The molecule has 0 aliphatic rings. The second-order valence-corrected chi connectivity index (χ2v) is 3.88. The molecule has 1 heterocycles. The van der Waals surface area contributed by atoms with Crippen LogP contribution in [0.4, 0.5) is 0 Å². The van der Waals surface area contributed by atoms with Crippen LogP contribution in [0.3, 0.4) is 0 Å². The lowest BCUT2D eigenvalue weighted by atomic mass is 10.3. The molecule has 0 amide bonds. The van der Waals surface area contributed by atoms with E-state index < -0.39 is 0 Å². The van der Waals surface area contributed by atoms with Gasteiger partial charge in [-0.2, -0.15) is 5.26 Å². The molecule has 0 spiro atoms. The van der Waals surface area contributed by atoms with Crippen LogP contribution in [-0.2, 0) is 0 Å². The number of hydrogen-bond donors (Lipinski definition) is 1. The molecule has 1 unspecified atom stereocenters. The van der Waals surface area contributed by atoms with Crippen molar-refractivity contribution >= 4 is 27.3 Å². The third kappa shape index (κ3) is 2.03. The molecule has 0 bridgehead atoms. The van der Waals surface area contributed by atoms with Crippen molar-refractivity contribution in [2.24, 2.45) is 0 Å². The summed E-state index contributed by atoms with van der Waals surface area (Å²) >= 11 is 4.91. The van der Waals surface area contributed by atoms with Crippen LogP contribution in [0.5, 0.6) is 0 Å². The van der Waals surface area contributed by atoms with Crippen molar-refractivity contribution in [3.8, 4) is 6.07 Å². The third-order valence-electron chi connectivity index (χ3n) is 1.29. The molecule has 0 aromatic carbocycles. The van der Waals surface area contributed by atoms with Crippen molar-refractivity contribution in [2.45, 2.75) is 6.04 Å². The number of thiophene rings is 1. The van der Waals surface area contributed by atoms with Gasteiger partial charge >= 0.3 is 0 Å². The molecule has 4 heteroatoms. The van der Waals surface area contributed by atoms with Crippen LogP contribution in [0.2, 0.25) is 0 Å². The lowest BCUT2D eigenvalue weighted by Crippen LogP contribution is -2.12. The van der Waals surface area contributed by atoms with E-state index in [2.05, 4.69) is 27.3 Å². The Morgan fingerprint density at radius 3 is 2.91 bits per heavy atom. The maximum atomic E-state index is 8.67. The molecule has 0 fully saturated rings. The summed E-state index contributed by atoms with van der Waals surface area (Å²) in [5.74, 6) is 0. The summed E-state index contributed by atoms with van der Waals surface area (Å²) in [7, 11) is 1.78. The van der Waals surface area contributed by atoms with Gasteiger partial charge < -0.3 is 5.32 Å². The number of nitrogens with one attached hydrogen (secondary N) is 1. The van der Waals surface area contributed by atoms with Gasteiger partial charge in [-0.1, -0.05) is 0 Å². The minimum atomic E-state index is -0.175. The van der Waals surface area contributed by atoms with E-state index in [0.717, 1.165) is 9.35 Å². The van der Waals surface area contributed by atoms with E-state index in [9.17, 15) is 0 Å². The van der Waals surface area contributed by atoms with Crippen molar-refractivity contribution in [3.05, 3.63) is 20.8 Å². The Kier molecular flexibility index (Phi) is 3.06. The molecule has 2 nitrogen and oxygen atoms in total. The quantitative estimate of drug-likeness (QED) is 0.847. The van der Waals surface area contributed by atoms with Gasteiger partial charge in [-0.05, 0) is 29.0 Å². The molecule has 0 aliphatic heterocycles. The average molecular weight is 231 g/mol. The van der Waals surface area contributed by atoms with E-state index in [4.69, 9.17) is 5.26 Å². The molecular formula is C7H7BrN2S. The van der Waals surface area contributed by atoms with Crippen molar-refractivity contribution in [2.75, 3.05) is 7.05 Å². The predicted octanol–water partition coefficient (Wildman–Crippen LogP) is 2.29. The fraction of sp³-hybridized carbons (Fsp3) is 0.286.